The van der Waals surface area contributed by atoms with Crippen LogP contribution in [0.2, 0.25) is 0 Å². The van der Waals surface area contributed by atoms with E-state index in [2.05, 4.69) is 5.32 Å². The van der Waals surface area contributed by atoms with Gasteiger partial charge in [0.2, 0.25) is 0 Å². The lowest BCUT2D eigenvalue weighted by molar-refractivity contribution is -0.307. The molecule has 19 heavy (non-hydrogen) atoms. The van der Waals surface area contributed by atoms with E-state index >= 15 is 0 Å². The van der Waals surface area contributed by atoms with Gasteiger partial charge in [0.15, 0.2) is 11.9 Å². The van der Waals surface area contributed by atoms with Crippen LogP contribution in [0.15, 0.2) is 0 Å². The first-order valence-electron chi connectivity index (χ1n) is 7.00. The SMILES string of the molecule is O=C1NC2(COC3(CCCCC3)OC2)C[C@H](O)[C@H]1O. The van der Waals surface area contributed by atoms with Gasteiger partial charge in [-0.1, -0.05) is 6.42 Å². The molecular formula is C13H21NO5. The summed E-state index contributed by atoms with van der Waals surface area (Å²) in [5, 5.41) is 21.9. The zero-order valence-electron chi connectivity index (χ0n) is 10.9. The fourth-order valence-corrected chi connectivity index (χ4v) is 3.26. The first-order chi connectivity index (χ1) is 9.04. The molecular weight excluding hydrogens is 250 g/mol. The van der Waals surface area contributed by atoms with Crippen molar-refractivity contribution in [2.75, 3.05) is 13.2 Å². The number of nitrogens with one attached hydrogen (secondary N) is 1. The molecule has 0 aromatic rings. The summed E-state index contributed by atoms with van der Waals surface area (Å²) in [5.41, 5.74) is -0.696. The number of amides is 1. The normalized spacial score (nSPS) is 37.3. The number of hydrogen-bond acceptors (Lipinski definition) is 5. The summed E-state index contributed by atoms with van der Waals surface area (Å²) in [5.74, 6) is -1.04. The minimum atomic E-state index is -1.35. The molecule has 0 bridgehead atoms. The summed E-state index contributed by atoms with van der Waals surface area (Å²) in [7, 11) is 0. The van der Waals surface area contributed by atoms with Crippen LogP contribution in [0.5, 0.6) is 0 Å². The molecule has 3 aliphatic rings. The molecule has 0 radical (unpaired) electrons. The molecule has 2 atom stereocenters. The van der Waals surface area contributed by atoms with Crippen LogP contribution in [0.3, 0.4) is 0 Å². The molecule has 0 unspecified atom stereocenters. The molecule has 108 valence electrons. The number of aliphatic hydroxyl groups is 2. The number of carbonyl (C=O) groups is 1. The van der Waals surface area contributed by atoms with Crippen molar-refractivity contribution < 1.29 is 24.5 Å². The Morgan fingerprint density at radius 2 is 1.74 bits per heavy atom. The zero-order valence-corrected chi connectivity index (χ0v) is 10.9. The van der Waals surface area contributed by atoms with Gasteiger partial charge in [-0.15, -0.1) is 0 Å². The van der Waals surface area contributed by atoms with Gasteiger partial charge in [0, 0.05) is 19.3 Å². The molecule has 1 saturated carbocycles. The maximum absolute atomic E-state index is 11.6. The Balaban J connectivity index is 1.67. The minimum absolute atomic E-state index is 0.260. The van der Waals surface area contributed by atoms with Crippen molar-refractivity contribution >= 4 is 5.91 Å². The summed E-state index contributed by atoms with van der Waals surface area (Å²) in [6.45, 7) is 0.672. The monoisotopic (exact) mass is 271 g/mol. The highest BCUT2D eigenvalue weighted by Crippen LogP contribution is 2.38. The quantitative estimate of drug-likeness (QED) is 0.562. The van der Waals surface area contributed by atoms with E-state index in [1.807, 2.05) is 0 Å². The lowest BCUT2D eigenvalue weighted by Gasteiger charge is -2.50. The fourth-order valence-electron chi connectivity index (χ4n) is 3.26. The predicted molar refractivity (Wildman–Crippen MR) is 65.2 cm³/mol. The molecule has 2 aliphatic heterocycles. The van der Waals surface area contributed by atoms with E-state index in [0.717, 1.165) is 25.7 Å². The van der Waals surface area contributed by atoms with Crippen LogP contribution in [0.25, 0.3) is 0 Å². The van der Waals surface area contributed by atoms with Gasteiger partial charge >= 0.3 is 0 Å². The van der Waals surface area contributed by atoms with Crippen molar-refractivity contribution in [2.24, 2.45) is 0 Å². The standard InChI is InChI=1S/C13H21NO5/c15-9-6-12(14-11(17)10(9)16)7-18-13(19-8-12)4-2-1-3-5-13/h9-10,15-16H,1-8H2,(H,14,17)/t9-,10+/m0/s1. The van der Waals surface area contributed by atoms with Gasteiger partial charge in [0.25, 0.3) is 5.91 Å². The molecule has 1 aliphatic carbocycles. The molecule has 6 heteroatoms. The van der Waals surface area contributed by atoms with Crippen molar-refractivity contribution in [1.82, 2.24) is 5.32 Å². The Labute approximate surface area is 112 Å². The fraction of sp³-hybridized carbons (Fsp3) is 0.923. The van der Waals surface area contributed by atoms with Gasteiger partial charge in [-0.2, -0.15) is 0 Å². The third kappa shape index (κ3) is 2.38. The van der Waals surface area contributed by atoms with Crippen LogP contribution in [0.4, 0.5) is 0 Å². The Hall–Kier alpha value is -0.690. The van der Waals surface area contributed by atoms with E-state index < -0.39 is 29.4 Å². The molecule has 0 aromatic heterocycles. The molecule has 2 saturated heterocycles. The van der Waals surface area contributed by atoms with Crippen molar-refractivity contribution in [1.29, 1.82) is 0 Å². The molecule has 3 N–H and O–H groups in total. The first kappa shape index (κ1) is 13.3. The molecule has 3 rings (SSSR count). The number of carbonyl (C=O) groups excluding carboxylic acids is 1. The largest absolute Gasteiger partial charge is 0.390 e. The topological polar surface area (TPSA) is 88.0 Å². The van der Waals surface area contributed by atoms with E-state index in [1.54, 1.807) is 0 Å². The van der Waals surface area contributed by atoms with E-state index in [4.69, 9.17) is 9.47 Å². The van der Waals surface area contributed by atoms with E-state index in [1.165, 1.54) is 6.42 Å². The van der Waals surface area contributed by atoms with Crippen LogP contribution in [0, 0.1) is 0 Å². The first-order valence-corrected chi connectivity index (χ1v) is 7.00. The smallest absolute Gasteiger partial charge is 0.252 e. The number of hydrogen-bond donors (Lipinski definition) is 3. The van der Waals surface area contributed by atoms with Gasteiger partial charge in [-0.25, -0.2) is 0 Å². The van der Waals surface area contributed by atoms with Gasteiger partial charge in [0.1, 0.15) is 0 Å². The molecule has 3 fully saturated rings. The maximum atomic E-state index is 11.6. The number of piperidine rings is 1. The minimum Gasteiger partial charge on any atom is -0.390 e. The summed E-state index contributed by atoms with van der Waals surface area (Å²) in [4.78, 5) is 11.6. The molecule has 1 amide bonds. The van der Waals surface area contributed by atoms with Crippen LogP contribution < -0.4 is 5.32 Å². The predicted octanol–water partition coefficient (Wildman–Crippen LogP) is -0.326. The summed E-state index contributed by atoms with van der Waals surface area (Å²) in [6, 6.07) is 0. The maximum Gasteiger partial charge on any atom is 0.252 e. The number of rotatable bonds is 0. The third-order valence-electron chi connectivity index (χ3n) is 4.46. The summed E-state index contributed by atoms with van der Waals surface area (Å²) < 4.78 is 11.8. The van der Waals surface area contributed by atoms with E-state index in [0.29, 0.717) is 13.2 Å². The molecule has 0 aromatic carbocycles. The van der Waals surface area contributed by atoms with Gasteiger partial charge in [-0.05, 0) is 12.8 Å². The lowest BCUT2D eigenvalue weighted by Crippen LogP contribution is -2.69. The van der Waals surface area contributed by atoms with E-state index in [-0.39, 0.29) is 6.42 Å². The van der Waals surface area contributed by atoms with Crippen molar-refractivity contribution in [3.63, 3.8) is 0 Å². The molecule has 2 heterocycles. The highest BCUT2D eigenvalue weighted by Gasteiger charge is 2.50. The third-order valence-corrected chi connectivity index (χ3v) is 4.46. The van der Waals surface area contributed by atoms with Gasteiger partial charge in [0.05, 0.1) is 24.9 Å². The Morgan fingerprint density at radius 3 is 2.32 bits per heavy atom. The Bertz CT molecular complexity index is 356. The average molecular weight is 271 g/mol. The van der Waals surface area contributed by atoms with Crippen molar-refractivity contribution in [2.45, 2.75) is 62.1 Å². The van der Waals surface area contributed by atoms with Crippen LogP contribution in [-0.4, -0.2) is 52.9 Å². The van der Waals surface area contributed by atoms with Crippen LogP contribution in [0.1, 0.15) is 38.5 Å². The van der Waals surface area contributed by atoms with Crippen LogP contribution >= 0.6 is 0 Å². The van der Waals surface area contributed by atoms with Crippen molar-refractivity contribution in [3.8, 4) is 0 Å². The average Bonchev–Trinajstić information content (AvgIpc) is 2.41. The second-order valence-corrected chi connectivity index (χ2v) is 6.03. The molecule has 2 spiro atoms. The van der Waals surface area contributed by atoms with Crippen molar-refractivity contribution in [3.05, 3.63) is 0 Å². The highest BCUT2D eigenvalue weighted by atomic mass is 16.7. The van der Waals surface area contributed by atoms with Gasteiger partial charge in [-0.3, -0.25) is 4.79 Å². The second kappa shape index (κ2) is 4.70. The lowest BCUT2D eigenvalue weighted by atomic mass is 9.84. The summed E-state index contributed by atoms with van der Waals surface area (Å²) in [6.07, 6.45) is 3.04. The molecule has 6 nitrogen and oxygen atoms in total. The Kier molecular flexibility index (Phi) is 3.29. The Morgan fingerprint density at radius 1 is 1.11 bits per heavy atom. The number of ether oxygens (including phenoxy) is 2. The van der Waals surface area contributed by atoms with Gasteiger partial charge < -0.3 is 25.0 Å². The number of aliphatic hydroxyl groups excluding tert-OH is 2. The van der Waals surface area contributed by atoms with Crippen LogP contribution in [-0.2, 0) is 14.3 Å². The highest BCUT2D eigenvalue weighted by molar-refractivity contribution is 5.83. The summed E-state index contributed by atoms with van der Waals surface area (Å²) >= 11 is 0. The second-order valence-electron chi connectivity index (χ2n) is 6.03. The van der Waals surface area contributed by atoms with E-state index in [9.17, 15) is 15.0 Å². The zero-order chi connectivity index (χ0) is 13.5.